The van der Waals surface area contributed by atoms with Gasteiger partial charge in [0.2, 0.25) is 5.91 Å². The second kappa shape index (κ2) is 9.80. The number of benzene rings is 1. The highest BCUT2D eigenvalue weighted by Gasteiger charge is 2.14. The third-order valence-corrected chi connectivity index (χ3v) is 4.97. The molecule has 1 aromatic rings. The molecule has 4 nitrogen and oxygen atoms in total. The van der Waals surface area contributed by atoms with Gasteiger partial charge in [0.15, 0.2) is 0 Å². The van der Waals surface area contributed by atoms with Gasteiger partial charge in [0, 0.05) is 44.3 Å². The van der Waals surface area contributed by atoms with Crippen molar-refractivity contribution in [2.24, 2.45) is 5.92 Å². The van der Waals surface area contributed by atoms with E-state index in [1.807, 2.05) is 19.1 Å². The lowest BCUT2D eigenvalue weighted by atomic mass is 10.0. The van der Waals surface area contributed by atoms with Crippen LogP contribution in [0.1, 0.15) is 38.7 Å². The van der Waals surface area contributed by atoms with Crippen LogP contribution in [0.15, 0.2) is 24.3 Å². The Bertz CT molecular complexity index is 492. The van der Waals surface area contributed by atoms with Crippen molar-refractivity contribution < 1.29 is 4.79 Å². The molecule has 0 spiro atoms. The number of rotatable bonds is 8. The smallest absolute Gasteiger partial charge is 0.227 e. The molecule has 0 radical (unpaired) electrons. The standard InChI is InChI=1S/C20H33N3O/c1-4-5-6-17(2)20(24)21-19-9-7-18(8-10-19)11-12-23-15-13-22(3)14-16-23/h7-10,17H,4-6,11-16H2,1-3H3,(H,21,24)/t17-/m1/s1. The summed E-state index contributed by atoms with van der Waals surface area (Å²) in [6, 6.07) is 8.35. The summed E-state index contributed by atoms with van der Waals surface area (Å²) in [6.45, 7) is 9.96. The molecule has 24 heavy (non-hydrogen) atoms. The molecule has 1 saturated heterocycles. The SMILES string of the molecule is CCCC[C@@H](C)C(=O)Nc1ccc(CCN2CCN(C)CC2)cc1. The Morgan fingerprint density at radius 3 is 2.46 bits per heavy atom. The fourth-order valence-corrected chi connectivity index (χ4v) is 3.02. The molecule has 1 heterocycles. The van der Waals surface area contributed by atoms with E-state index in [1.165, 1.54) is 31.7 Å². The number of likely N-dealkylation sites (N-methyl/N-ethyl adjacent to an activating group) is 1. The molecule has 1 aromatic carbocycles. The predicted octanol–water partition coefficient (Wildman–Crippen LogP) is 3.24. The quantitative estimate of drug-likeness (QED) is 0.794. The maximum atomic E-state index is 12.1. The Morgan fingerprint density at radius 1 is 1.17 bits per heavy atom. The number of unbranched alkanes of at least 4 members (excludes halogenated alkanes) is 1. The molecule has 0 saturated carbocycles. The molecule has 1 amide bonds. The number of hydrogen-bond donors (Lipinski definition) is 1. The zero-order chi connectivity index (χ0) is 17.4. The zero-order valence-electron chi connectivity index (χ0n) is 15.6. The van der Waals surface area contributed by atoms with E-state index in [4.69, 9.17) is 0 Å². The number of carbonyl (C=O) groups excluding carboxylic acids is 1. The van der Waals surface area contributed by atoms with E-state index in [9.17, 15) is 4.79 Å². The van der Waals surface area contributed by atoms with Crippen molar-refractivity contribution in [1.82, 2.24) is 9.80 Å². The number of nitrogens with zero attached hydrogens (tertiary/aromatic N) is 2. The van der Waals surface area contributed by atoms with Gasteiger partial charge >= 0.3 is 0 Å². The lowest BCUT2D eigenvalue weighted by Gasteiger charge is -2.32. The summed E-state index contributed by atoms with van der Waals surface area (Å²) in [4.78, 5) is 17.1. The number of amides is 1. The molecule has 0 bridgehead atoms. The Hall–Kier alpha value is -1.39. The van der Waals surface area contributed by atoms with Crippen LogP contribution in [0.25, 0.3) is 0 Å². The molecule has 1 N–H and O–H groups in total. The third-order valence-electron chi connectivity index (χ3n) is 4.97. The summed E-state index contributed by atoms with van der Waals surface area (Å²) >= 11 is 0. The van der Waals surface area contributed by atoms with Gasteiger partial charge in [-0.05, 0) is 37.6 Å². The van der Waals surface area contributed by atoms with Crippen LogP contribution >= 0.6 is 0 Å². The molecule has 4 heteroatoms. The number of nitrogens with one attached hydrogen (secondary N) is 1. The van der Waals surface area contributed by atoms with Gasteiger partial charge in [0.25, 0.3) is 0 Å². The lowest BCUT2D eigenvalue weighted by Crippen LogP contribution is -2.45. The second-order valence-electron chi connectivity index (χ2n) is 7.12. The average Bonchev–Trinajstić information content (AvgIpc) is 2.60. The normalized spacial score (nSPS) is 17.6. The maximum Gasteiger partial charge on any atom is 0.227 e. The summed E-state index contributed by atoms with van der Waals surface area (Å²) in [5, 5.41) is 3.03. The minimum atomic E-state index is 0.0851. The van der Waals surface area contributed by atoms with E-state index in [0.717, 1.165) is 37.9 Å². The molecule has 2 rings (SSSR count). The van der Waals surface area contributed by atoms with Crippen LogP contribution in [0.2, 0.25) is 0 Å². The average molecular weight is 332 g/mol. The first-order valence-electron chi connectivity index (χ1n) is 9.39. The third kappa shape index (κ3) is 6.25. The number of hydrogen-bond acceptors (Lipinski definition) is 3. The van der Waals surface area contributed by atoms with Gasteiger partial charge in [-0.1, -0.05) is 38.8 Å². The Morgan fingerprint density at radius 2 is 1.83 bits per heavy atom. The van der Waals surface area contributed by atoms with Gasteiger partial charge in [-0.2, -0.15) is 0 Å². The highest BCUT2D eigenvalue weighted by atomic mass is 16.1. The van der Waals surface area contributed by atoms with Gasteiger partial charge < -0.3 is 15.1 Å². The molecule has 1 atom stereocenters. The van der Waals surface area contributed by atoms with Gasteiger partial charge in [-0.25, -0.2) is 0 Å². The van der Waals surface area contributed by atoms with Crippen molar-refractivity contribution in [2.45, 2.75) is 39.5 Å². The maximum absolute atomic E-state index is 12.1. The minimum absolute atomic E-state index is 0.0851. The van der Waals surface area contributed by atoms with Crippen molar-refractivity contribution in [3.8, 4) is 0 Å². The van der Waals surface area contributed by atoms with Crippen LogP contribution in [0.3, 0.4) is 0 Å². The molecular formula is C20H33N3O. The summed E-state index contributed by atoms with van der Waals surface area (Å²) in [5.74, 6) is 0.218. The van der Waals surface area contributed by atoms with Crippen LogP contribution in [0.5, 0.6) is 0 Å². The highest BCUT2D eigenvalue weighted by molar-refractivity contribution is 5.92. The van der Waals surface area contributed by atoms with Crippen molar-refractivity contribution in [3.05, 3.63) is 29.8 Å². The monoisotopic (exact) mass is 331 g/mol. The summed E-state index contributed by atoms with van der Waals surface area (Å²) in [5.41, 5.74) is 2.25. The molecule has 0 aliphatic carbocycles. The first-order valence-corrected chi connectivity index (χ1v) is 9.39. The van der Waals surface area contributed by atoms with Gasteiger partial charge in [0.05, 0.1) is 0 Å². The van der Waals surface area contributed by atoms with Crippen molar-refractivity contribution in [1.29, 1.82) is 0 Å². The first kappa shape index (κ1) is 18.9. The zero-order valence-corrected chi connectivity index (χ0v) is 15.6. The van der Waals surface area contributed by atoms with Crippen LogP contribution < -0.4 is 5.32 Å². The van der Waals surface area contributed by atoms with Crippen molar-refractivity contribution >= 4 is 11.6 Å². The Kier molecular flexibility index (Phi) is 7.73. The number of carbonyl (C=O) groups is 1. The summed E-state index contributed by atoms with van der Waals surface area (Å²) < 4.78 is 0. The van der Waals surface area contributed by atoms with E-state index in [-0.39, 0.29) is 11.8 Å². The molecule has 1 fully saturated rings. The van der Waals surface area contributed by atoms with E-state index >= 15 is 0 Å². The van der Waals surface area contributed by atoms with E-state index in [2.05, 4.69) is 41.2 Å². The van der Waals surface area contributed by atoms with Crippen LogP contribution in [-0.4, -0.2) is 55.5 Å². The van der Waals surface area contributed by atoms with Crippen LogP contribution in [0, 0.1) is 5.92 Å². The van der Waals surface area contributed by atoms with E-state index in [1.54, 1.807) is 0 Å². The molecule has 0 unspecified atom stereocenters. The van der Waals surface area contributed by atoms with Gasteiger partial charge in [-0.3, -0.25) is 4.79 Å². The summed E-state index contributed by atoms with van der Waals surface area (Å²) in [6.07, 6.45) is 4.29. The number of anilines is 1. The topological polar surface area (TPSA) is 35.6 Å². The predicted molar refractivity (Wildman–Crippen MR) is 101 cm³/mol. The van der Waals surface area contributed by atoms with Crippen LogP contribution in [0.4, 0.5) is 5.69 Å². The lowest BCUT2D eigenvalue weighted by molar-refractivity contribution is -0.119. The fraction of sp³-hybridized carbons (Fsp3) is 0.650. The Balaban J connectivity index is 1.75. The number of piperazine rings is 1. The summed E-state index contributed by atoms with van der Waals surface area (Å²) in [7, 11) is 2.19. The fourth-order valence-electron chi connectivity index (χ4n) is 3.02. The van der Waals surface area contributed by atoms with Crippen molar-refractivity contribution in [3.63, 3.8) is 0 Å². The molecular weight excluding hydrogens is 298 g/mol. The van der Waals surface area contributed by atoms with Crippen LogP contribution in [-0.2, 0) is 11.2 Å². The van der Waals surface area contributed by atoms with E-state index < -0.39 is 0 Å². The highest BCUT2D eigenvalue weighted by Crippen LogP contribution is 2.14. The largest absolute Gasteiger partial charge is 0.326 e. The minimum Gasteiger partial charge on any atom is -0.326 e. The van der Waals surface area contributed by atoms with E-state index in [0.29, 0.717) is 0 Å². The van der Waals surface area contributed by atoms with Gasteiger partial charge in [0.1, 0.15) is 0 Å². The molecule has 1 aliphatic rings. The molecule has 134 valence electrons. The van der Waals surface area contributed by atoms with Crippen molar-refractivity contribution in [2.75, 3.05) is 45.1 Å². The van der Waals surface area contributed by atoms with Gasteiger partial charge in [-0.15, -0.1) is 0 Å². The molecule has 0 aromatic heterocycles. The Labute approximate surface area is 147 Å². The molecule has 1 aliphatic heterocycles. The first-order chi connectivity index (χ1) is 11.6. The second-order valence-corrected chi connectivity index (χ2v) is 7.12.